The van der Waals surface area contributed by atoms with Crippen molar-refractivity contribution in [3.63, 3.8) is 0 Å². The number of hydrogen-bond acceptors (Lipinski definition) is 2. The fraction of sp³-hybridized carbons (Fsp3) is 1.00. The maximum absolute atomic E-state index is 3.66. The molecule has 4 atom stereocenters. The predicted molar refractivity (Wildman–Crippen MR) is 74.0 cm³/mol. The van der Waals surface area contributed by atoms with E-state index in [0.717, 1.165) is 23.8 Å². The Morgan fingerprint density at radius 3 is 2.69 bits per heavy atom. The predicted octanol–water partition coefficient (Wildman–Crippen LogP) is 3.54. The van der Waals surface area contributed by atoms with Crippen LogP contribution in [0, 0.1) is 17.8 Å². The van der Waals surface area contributed by atoms with Gasteiger partial charge >= 0.3 is 0 Å². The van der Waals surface area contributed by atoms with Crippen molar-refractivity contribution < 1.29 is 0 Å². The Kier molecular flexibility index (Phi) is 5.02. The molecule has 0 aromatic rings. The van der Waals surface area contributed by atoms with Crippen LogP contribution in [0.25, 0.3) is 0 Å². The molecule has 2 rings (SSSR count). The highest BCUT2D eigenvalue weighted by atomic mass is 32.2. The lowest BCUT2D eigenvalue weighted by Gasteiger charge is -2.39. The molecule has 1 aliphatic carbocycles. The first-order valence-electron chi connectivity index (χ1n) is 7.11. The Labute approximate surface area is 105 Å². The van der Waals surface area contributed by atoms with Crippen LogP contribution in [0.5, 0.6) is 0 Å². The third-order valence-corrected chi connectivity index (χ3v) is 5.95. The molecule has 0 aromatic heterocycles. The van der Waals surface area contributed by atoms with Crippen LogP contribution in [0.4, 0.5) is 0 Å². The van der Waals surface area contributed by atoms with Crippen LogP contribution in [-0.2, 0) is 0 Å². The van der Waals surface area contributed by atoms with Gasteiger partial charge in [0, 0.05) is 6.04 Å². The minimum atomic E-state index is 0.806. The van der Waals surface area contributed by atoms with E-state index in [-0.39, 0.29) is 0 Å². The van der Waals surface area contributed by atoms with Gasteiger partial charge in [-0.3, -0.25) is 0 Å². The van der Waals surface area contributed by atoms with Gasteiger partial charge in [-0.2, -0.15) is 11.8 Å². The van der Waals surface area contributed by atoms with E-state index >= 15 is 0 Å². The summed E-state index contributed by atoms with van der Waals surface area (Å²) in [6.07, 6.45) is 8.75. The van der Waals surface area contributed by atoms with E-state index in [4.69, 9.17) is 0 Å². The number of nitrogens with one attached hydrogen (secondary N) is 1. The van der Waals surface area contributed by atoms with E-state index in [1.54, 1.807) is 0 Å². The quantitative estimate of drug-likeness (QED) is 0.808. The molecule has 0 amide bonds. The van der Waals surface area contributed by atoms with E-state index in [1.807, 2.05) is 0 Å². The fourth-order valence-electron chi connectivity index (χ4n) is 3.85. The Morgan fingerprint density at radius 2 is 2.06 bits per heavy atom. The third kappa shape index (κ3) is 2.76. The Hall–Kier alpha value is 0.310. The van der Waals surface area contributed by atoms with E-state index in [0.29, 0.717) is 0 Å². The summed E-state index contributed by atoms with van der Waals surface area (Å²) in [5.41, 5.74) is 0. The molecule has 1 saturated carbocycles. The van der Waals surface area contributed by atoms with Crippen LogP contribution in [-0.4, -0.2) is 24.6 Å². The Bertz CT molecular complexity index is 199. The molecule has 0 spiro atoms. The summed E-state index contributed by atoms with van der Waals surface area (Å²) in [5.74, 6) is 5.71. The molecule has 2 fully saturated rings. The van der Waals surface area contributed by atoms with Crippen molar-refractivity contribution in [2.45, 2.75) is 51.5 Å². The molecule has 0 aromatic carbocycles. The van der Waals surface area contributed by atoms with Gasteiger partial charge in [0.05, 0.1) is 0 Å². The van der Waals surface area contributed by atoms with Crippen molar-refractivity contribution in [2.75, 3.05) is 18.6 Å². The molecule has 94 valence electrons. The summed E-state index contributed by atoms with van der Waals surface area (Å²) in [7, 11) is 2.19. The topological polar surface area (TPSA) is 12.0 Å². The minimum absolute atomic E-state index is 0.806. The van der Waals surface area contributed by atoms with E-state index in [2.05, 4.69) is 31.1 Å². The van der Waals surface area contributed by atoms with E-state index in [1.165, 1.54) is 50.0 Å². The molecule has 4 unspecified atom stereocenters. The van der Waals surface area contributed by atoms with Crippen molar-refractivity contribution in [3.05, 3.63) is 0 Å². The monoisotopic (exact) mass is 241 g/mol. The first-order valence-corrected chi connectivity index (χ1v) is 8.27. The summed E-state index contributed by atoms with van der Waals surface area (Å²) >= 11 is 2.16. The lowest BCUT2D eigenvalue weighted by molar-refractivity contribution is 0.149. The molecular weight excluding hydrogens is 214 g/mol. The average Bonchev–Trinajstić information content (AvgIpc) is 2.84. The van der Waals surface area contributed by atoms with E-state index in [9.17, 15) is 0 Å². The zero-order chi connectivity index (χ0) is 11.4. The van der Waals surface area contributed by atoms with Crippen LogP contribution in [0.15, 0.2) is 0 Å². The normalized spacial score (nSPS) is 37.5. The van der Waals surface area contributed by atoms with Gasteiger partial charge in [-0.25, -0.2) is 0 Å². The average molecular weight is 241 g/mol. The van der Waals surface area contributed by atoms with Crippen molar-refractivity contribution in [3.8, 4) is 0 Å². The SMILES string of the molecule is CCC1CCCCC1C(NC)C1CCSC1. The van der Waals surface area contributed by atoms with Crippen LogP contribution >= 0.6 is 11.8 Å². The molecule has 0 radical (unpaired) electrons. The zero-order valence-electron chi connectivity index (χ0n) is 10.9. The maximum atomic E-state index is 3.66. The summed E-state index contributed by atoms with van der Waals surface area (Å²) in [6.45, 7) is 2.39. The molecule has 16 heavy (non-hydrogen) atoms. The second-order valence-corrected chi connectivity index (χ2v) is 6.70. The van der Waals surface area contributed by atoms with Crippen LogP contribution < -0.4 is 5.32 Å². The largest absolute Gasteiger partial charge is 0.316 e. The smallest absolute Gasteiger partial charge is 0.0131 e. The molecule has 1 N–H and O–H groups in total. The van der Waals surface area contributed by atoms with Gasteiger partial charge in [-0.15, -0.1) is 0 Å². The van der Waals surface area contributed by atoms with Crippen LogP contribution in [0.2, 0.25) is 0 Å². The highest BCUT2D eigenvalue weighted by Gasteiger charge is 2.35. The zero-order valence-corrected chi connectivity index (χ0v) is 11.7. The molecular formula is C14H27NS. The van der Waals surface area contributed by atoms with Gasteiger partial charge in [0.25, 0.3) is 0 Å². The molecule has 1 aliphatic heterocycles. The third-order valence-electron chi connectivity index (χ3n) is 4.76. The van der Waals surface area contributed by atoms with Crippen molar-refractivity contribution in [1.29, 1.82) is 0 Å². The number of thioether (sulfide) groups is 1. The summed E-state index contributed by atoms with van der Waals surface area (Å²) in [6, 6.07) is 0.806. The Morgan fingerprint density at radius 1 is 1.25 bits per heavy atom. The van der Waals surface area contributed by atoms with E-state index < -0.39 is 0 Å². The van der Waals surface area contributed by atoms with Crippen molar-refractivity contribution in [1.82, 2.24) is 5.32 Å². The summed E-state index contributed by atoms with van der Waals surface area (Å²) in [5, 5.41) is 3.66. The lowest BCUT2D eigenvalue weighted by Crippen LogP contribution is -2.44. The van der Waals surface area contributed by atoms with Gasteiger partial charge in [0.15, 0.2) is 0 Å². The molecule has 2 heteroatoms. The van der Waals surface area contributed by atoms with Crippen LogP contribution in [0.1, 0.15) is 45.4 Å². The number of rotatable bonds is 4. The van der Waals surface area contributed by atoms with Gasteiger partial charge < -0.3 is 5.32 Å². The first-order chi connectivity index (χ1) is 7.86. The second-order valence-electron chi connectivity index (χ2n) is 5.55. The minimum Gasteiger partial charge on any atom is -0.316 e. The van der Waals surface area contributed by atoms with Gasteiger partial charge in [-0.1, -0.05) is 32.6 Å². The molecule has 2 aliphatic rings. The summed E-state index contributed by atoms with van der Waals surface area (Å²) in [4.78, 5) is 0. The van der Waals surface area contributed by atoms with Gasteiger partial charge in [0.2, 0.25) is 0 Å². The van der Waals surface area contributed by atoms with Crippen LogP contribution in [0.3, 0.4) is 0 Å². The fourth-order valence-corrected chi connectivity index (χ4v) is 5.16. The number of hydrogen-bond donors (Lipinski definition) is 1. The molecule has 1 heterocycles. The lowest BCUT2D eigenvalue weighted by atomic mass is 9.71. The highest BCUT2D eigenvalue weighted by Crippen LogP contribution is 2.39. The van der Waals surface area contributed by atoms with Gasteiger partial charge in [0.1, 0.15) is 0 Å². The molecule has 0 bridgehead atoms. The second kappa shape index (κ2) is 6.30. The molecule has 1 nitrogen and oxygen atoms in total. The first kappa shape index (κ1) is 12.8. The van der Waals surface area contributed by atoms with Crippen molar-refractivity contribution in [2.24, 2.45) is 17.8 Å². The molecule has 1 saturated heterocycles. The van der Waals surface area contributed by atoms with Crippen molar-refractivity contribution >= 4 is 11.8 Å². The Balaban J connectivity index is 1.99. The van der Waals surface area contributed by atoms with Gasteiger partial charge in [-0.05, 0) is 49.1 Å². The highest BCUT2D eigenvalue weighted by molar-refractivity contribution is 7.99. The summed E-state index contributed by atoms with van der Waals surface area (Å²) < 4.78 is 0. The maximum Gasteiger partial charge on any atom is 0.0131 e. The standard InChI is InChI=1S/C14H27NS/c1-3-11-6-4-5-7-13(11)14(15-2)12-8-9-16-10-12/h11-15H,3-10H2,1-2H3.